The van der Waals surface area contributed by atoms with Crippen molar-refractivity contribution in [3.63, 3.8) is 0 Å². The molecule has 1 atom stereocenters. The Morgan fingerprint density at radius 2 is 1.92 bits per heavy atom. The molecule has 0 saturated heterocycles. The van der Waals surface area contributed by atoms with Gasteiger partial charge in [0.25, 0.3) is 0 Å². The monoisotopic (exact) mass is 342 g/mol. The summed E-state index contributed by atoms with van der Waals surface area (Å²) in [6.45, 7) is 1.29. The lowest BCUT2D eigenvalue weighted by molar-refractivity contribution is -0.121. The van der Waals surface area contributed by atoms with Crippen LogP contribution in [0.15, 0.2) is 67.5 Å². The maximum absolute atomic E-state index is 12.3. The standard InChI is InChI=1S/C18H19ClN4O/c19-16-5-3-15(4-6-16)17(23-9-1-2-10-23)13-18(24)21-8-12-22-11-7-20-14-22/h1-7,9-11,14,17H,8,12-13H2,(H,21,24)/t17-/m1/s1. The van der Waals surface area contributed by atoms with Gasteiger partial charge in [-0.05, 0) is 29.8 Å². The molecule has 0 aliphatic heterocycles. The SMILES string of the molecule is O=C(C[C@H](c1ccc(Cl)cc1)n1cccc1)NCCn1ccnc1. The van der Waals surface area contributed by atoms with E-state index in [1.165, 1.54) is 0 Å². The third kappa shape index (κ3) is 4.26. The molecular weight excluding hydrogens is 324 g/mol. The fourth-order valence-corrected chi connectivity index (χ4v) is 2.75. The molecule has 1 amide bonds. The van der Waals surface area contributed by atoms with Crippen molar-refractivity contribution in [2.75, 3.05) is 6.54 Å². The number of amides is 1. The summed E-state index contributed by atoms with van der Waals surface area (Å²) >= 11 is 5.97. The second-order valence-corrected chi connectivity index (χ2v) is 5.99. The number of rotatable bonds is 7. The first-order valence-corrected chi connectivity index (χ1v) is 8.20. The molecule has 2 aromatic heterocycles. The summed E-state index contributed by atoms with van der Waals surface area (Å²) in [5.41, 5.74) is 1.06. The van der Waals surface area contributed by atoms with Gasteiger partial charge in [0.2, 0.25) is 5.91 Å². The smallest absolute Gasteiger partial charge is 0.222 e. The van der Waals surface area contributed by atoms with Crippen LogP contribution in [-0.2, 0) is 11.3 Å². The quantitative estimate of drug-likeness (QED) is 0.717. The van der Waals surface area contributed by atoms with Crippen molar-refractivity contribution in [2.45, 2.75) is 19.0 Å². The number of nitrogens with one attached hydrogen (secondary N) is 1. The Balaban J connectivity index is 1.63. The third-order valence-corrected chi connectivity index (χ3v) is 4.12. The predicted octanol–water partition coefficient (Wildman–Crippen LogP) is 3.13. The fraction of sp³-hybridized carbons (Fsp3) is 0.222. The van der Waals surface area contributed by atoms with E-state index in [-0.39, 0.29) is 11.9 Å². The summed E-state index contributed by atoms with van der Waals surface area (Å²) in [6.07, 6.45) is 9.66. The van der Waals surface area contributed by atoms with Crippen molar-refractivity contribution in [1.29, 1.82) is 0 Å². The molecule has 0 saturated carbocycles. The number of nitrogens with zero attached hydrogens (tertiary/aromatic N) is 3. The minimum atomic E-state index is -0.0505. The van der Waals surface area contributed by atoms with E-state index < -0.39 is 0 Å². The Morgan fingerprint density at radius 1 is 1.17 bits per heavy atom. The van der Waals surface area contributed by atoms with Crippen LogP contribution >= 0.6 is 11.6 Å². The van der Waals surface area contributed by atoms with Crippen LogP contribution < -0.4 is 5.32 Å². The molecule has 0 fully saturated rings. The molecule has 1 aromatic carbocycles. The highest BCUT2D eigenvalue weighted by atomic mass is 35.5. The van der Waals surface area contributed by atoms with Gasteiger partial charge < -0.3 is 14.5 Å². The molecule has 0 unspecified atom stereocenters. The van der Waals surface area contributed by atoms with E-state index in [4.69, 9.17) is 11.6 Å². The molecule has 124 valence electrons. The summed E-state index contributed by atoms with van der Waals surface area (Å²) in [7, 11) is 0. The Kier molecular flexibility index (Phi) is 5.33. The molecule has 0 aliphatic rings. The highest BCUT2D eigenvalue weighted by Gasteiger charge is 2.17. The molecular formula is C18H19ClN4O. The van der Waals surface area contributed by atoms with Crippen LogP contribution in [-0.4, -0.2) is 26.6 Å². The van der Waals surface area contributed by atoms with Gasteiger partial charge in [0, 0.05) is 42.9 Å². The van der Waals surface area contributed by atoms with Crippen molar-refractivity contribution >= 4 is 17.5 Å². The van der Waals surface area contributed by atoms with Crippen molar-refractivity contribution in [3.8, 4) is 0 Å². The number of carbonyl (C=O) groups excluding carboxylic acids is 1. The van der Waals surface area contributed by atoms with Crippen LogP contribution in [0.2, 0.25) is 5.02 Å². The Morgan fingerprint density at radius 3 is 2.58 bits per heavy atom. The lowest BCUT2D eigenvalue weighted by Gasteiger charge is -2.19. The predicted molar refractivity (Wildman–Crippen MR) is 93.9 cm³/mol. The normalized spacial score (nSPS) is 12.0. The van der Waals surface area contributed by atoms with Gasteiger partial charge in [0.1, 0.15) is 0 Å². The molecule has 0 radical (unpaired) electrons. The van der Waals surface area contributed by atoms with E-state index in [2.05, 4.69) is 10.3 Å². The summed E-state index contributed by atoms with van der Waals surface area (Å²) in [5.74, 6) is 0.0174. The van der Waals surface area contributed by atoms with E-state index in [1.807, 2.05) is 64.1 Å². The molecule has 5 nitrogen and oxygen atoms in total. The number of benzene rings is 1. The number of imidazole rings is 1. The van der Waals surface area contributed by atoms with Gasteiger partial charge in [-0.3, -0.25) is 4.79 Å². The first-order chi connectivity index (χ1) is 11.7. The van der Waals surface area contributed by atoms with Gasteiger partial charge in [0.05, 0.1) is 18.8 Å². The van der Waals surface area contributed by atoms with Gasteiger partial charge in [-0.1, -0.05) is 23.7 Å². The molecule has 0 bridgehead atoms. The van der Waals surface area contributed by atoms with Gasteiger partial charge in [-0.2, -0.15) is 0 Å². The number of hydrogen-bond donors (Lipinski definition) is 1. The van der Waals surface area contributed by atoms with Crippen molar-refractivity contribution in [3.05, 3.63) is 78.1 Å². The molecule has 6 heteroatoms. The molecule has 1 N–H and O–H groups in total. The fourth-order valence-electron chi connectivity index (χ4n) is 2.63. The largest absolute Gasteiger partial charge is 0.354 e. The molecule has 0 aliphatic carbocycles. The van der Waals surface area contributed by atoms with Gasteiger partial charge in [-0.15, -0.1) is 0 Å². The highest BCUT2D eigenvalue weighted by Crippen LogP contribution is 2.23. The maximum atomic E-state index is 12.3. The van der Waals surface area contributed by atoms with Crippen LogP contribution in [0.3, 0.4) is 0 Å². The summed E-state index contributed by atoms with van der Waals surface area (Å²) < 4.78 is 3.97. The van der Waals surface area contributed by atoms with E-state index in [0.717, 1.165) is 5.56 Å². The van der Waals surface area contributed by atoms with E-state index in [1.54, 1.807) is 12.5 Å². The zero-order chi connectivity index (χ0) is 16.8. The van der Waals surface area contributed by atoms with E-state index in [9.17, 15) is 4.79 Å². The molecule has 24 heavy (non-hydrogen) atoms. The van der Waals surface area contributed by atoms with Crippen LogP contribution in [0.1, 0.15) is 18.0 Å². The number of aromatic nitrogens is 3. The van der Waals surface area contributed by atoms with E-state index >= 15 is 0 Å². The zero-order valence-electron chi connectivity index (χ0n) is 13.2. The Hall–Kier alpha value is -2.53. The first kappa shape index (κ1) is 16.3. The van der Waals surface area contributed by atoms with Crippen LogP contribution in [0, 0.1) is 0 Å². The summed E-state index contributed by atoms with van der Waals surface area (Å²) in [4.78, 5) is 16.3. The first-order valence-electron chi connectivity index (χ1n) is 7.83. The Bertz CT molecular complexity index is 751. The zero-order valence-corrected chi connectivity index (χ0v) is 13.9. The van der Waals surface area contributed by atoms with Gasteiger partial charge in [-0.25, -0.2) is 4.98 Å². The molecule has 3 aromatic rings. The van der Waals surface area contributed by atoms with E-state index in [0.29, 0.717) is 24.5 Å². The summed E-state index contributed by atoms with van der Waals surface area (Å²) in [5, 5.41) is 3.66. The third-order valence-electron chi connectivity index (χ3n) is 3.87. The maximum Gasteiger partial charge on any atom is 0.222 e. The number of halogens is 1. The van der Waals surface area contributed by atoms with Crippen molar-refractivity contribution in [1.82, 2.24) is 19.4 Å². The number of carbonyl (C=O) groups is 1. The van der Waals surface area contributed by atoms with Crippen LogP contribution in [0.4, 0.5) is 0 Å². The average Bonchev–Trinajstić information content (AvgIpc) is 3.27. The van der Waals surface area contributed by atoms with Gasteiger partial charge >= 0.3 is 0 Å². The molecule has 3 rings (SSSR count). The second-order valence-electron chi connectivity index (χ2n) is 5.55. The lowest BCUT2D eigenvalue weighted by atomic mass is 10.0. The minimum Gasteiger partial charge on any atom is -0.354 e. The number of hydrogen-bond acceptors (Lipinski definition) is 2. The average molecular weight is 343 g/mol. The molecule has 0 spiro atoms. The van der Waals surface area contributed by atoms with Crippen LogP contribution in [0.5, 0.6) is 0 Å². The summed E-state index contributed by atoms with van der Waals surface area (Å²) in [6, 6.07) is 11.5. The van der Waals surface area contributed by atoms with Gasteiger partial charge in [0.15, 0.2) is 0 Å². The minimum absolute atomic E-state index is 0.0174. The second kappa shape index (κ2) is 7.84. The Labute approximate surface area is 145 Å². The van der Waals surface area contributed by atoms with Crippen LogP contribution in [0.25, 0.3) is 0 Å². The van der Waals surface area contributed by atoms with Crippen molar-refractivity contribution < 1.29 is 4.79 Å². The molecule has 2 heterocycles. The lowest BCUT2D eigenvalue weighted by Crippen LogP contribution is -2.29. The topological polar surface area (TPSA) is 51.9 Å². The highest BCUT2D eigenvalue weighted by molar-refractivity contribution is 6.30. The van der Waals surface area contributed by atoms with Crippen molar-refractivity contribution in [2.24, 2.45) is 0 Å².